The van der Waals surface area contributed by atoms with Crippen LogP contribution in [0.25, 0.3) is 0 Å². The normalized spacial score (nSPS) is 12.9. The Bertz CT molecular complexity index is 318. The summed E-state index contributed by atoms with van der Waals surface area (Å²) in [6, 6.07) is 0. The fourth-order valence-electron chi connectivity index (χ4n) is 2.49. The molecule has 0 rings (SSSR count). The molecule has 1 unspecified atom stereocenters. The molecule has 1 atom stereocenters. The predicted molar refractivity (Wildman–Crippen MR) is 86.3 cm³/mol. The molecule has 0 fully saturated rings. The van der Waals surface area contributed by atoms with Crippen molar-refractivity contribution in [3.63, 3.8) is 0 Å². The van der Waals surface area contributed by atoms with E-state index in [0.29, 0.717) is 6.42 Å². The van der Waals surface area contributed by atoms with E-state index < -0.39 is 10.1 Å². The molecule has 0 bridgehead atoms. The van der Waals surface area contributed by atoms with Crippen LogP contribution in [0.2, 0.25) is 0 Å². The molecule has 0 amide bonds. The van der Waals surface area contributed by atoms with E-state index in [9.17, 15) is 13.0 Å². The molecule has 0 aliphatic rings. The van der Waals surface area contributed by atoms with Crippen LogP contribution in [0.4, 0.5) is 0 Å². The first-order chi connectivity index (χ1) is 9.92. The summed E-state index contributed by atoms with van der Waals surface area (Å²) in [6.45, 7) is 1.85. The first kappa shape index (κ1) is 25.1. The zero-order valence-electron chi connectivity index (χ0n) is 14.6. The number of hydrogen-bond acceptors (Lipinski definition) is 4. The van der Waals surface area contributed by atoms with E-state index >= 15 is 0 Å². The minimum Gasteiger partial charge on any atom is -0.748 e. The Morgan fingerprint density at radius 1 is 0.773 bits per heavy atom. The van der Waals surface area contributed by atoms with Crippen molar-refractivity contribution in [1.29, 1.82) is 0 Å². The monoisotopic (exact) mass is 344 g/mol. The van der Waals surface area contributed by atoms with Crippen LogP contribution >= 0.6 is 0 Å². The maximum atomic E-state index is 10.4. The SMILES string of the molecule is CC(O)CCCCCCCCCCCCCCS(=O)(=O)[O-].[Na+]. The van der Waals surface area contributed by atoms with E-state index in [0.717, 1.165) is 32.1 Å². The second-order valence-corrected chi connectivity index (χ2v) is 7.67. The molecule has 0 aromatic heterocycles. The summed E-state index contributed by atoms with van der Waals surface area (Å²) in [5.74, 6) is -0.206. The van der Waals surface area contributed by atoms with E-state index in [-0.39, 0.29) is 41.4 Å². The third kappa shape index (κ3) is 23.1. The number of unbranched alkanes of at least 4 members (excludes halogenated alkanes) is 11. The summed E-state index contributed by atoms with van der Waals surface area (Å²) in [5, 5.41) is 9.12. The Kier molecular flexibility index (Phi) is 19.1. The van der Waals surface area contributed by atoms with Gasteiger partial charge in [-0.1, -0.05) is 70.6 Å². The van der Waals surface area contributed by atoms with Crippen LogP contribution in [0.1, 0.15) is 90.4 Å². The Morgan fingerprint density at radius 3 is 1.41 bits per heavy atom. The summed E-state index contributed by atoms with van der Waals surface area (Å²) >= 11 is 0. The van der Waals surface area contributed by atoms with Crippen LogP contribution < -0.4 is 29.6 Å². The average Bonchev–Trinajstić information content (AvgIpc) is 2.37. The molecule has 0 radical (unpaired) electrons. The van der Waals surface area contributed by atoms with E-state index in [2.05, 4.69) is 0 Å². The molecule has 6 heteroatoms. The molecule has 0 aliphatic carbocycles. The van der Waals surface area contributed by atoms with Crippen molar-refractivity contribution in [2.24, 2.45) is 0 Å². The van der Waals surface area contributed by atoms with E-state index in [1.165, 1.54) is 44.9 Å². The zero-order valence-corrected chi connectivity index (χ0v) is 17.4. The summed E-state index contributed by atoms with van der Waals surface area (Å²) in [6.07, 6.45) is 14.3. The van der Waals surface area contributed by atoms with Gasteiger partial charge in [-0.3, -0.25) is 0 Å². The minimum atomic E-state index is -4.01. The summed E-state index contributed by atoms with van der Waals surface area (Å²) in [5.41, 5.74) is 0. The number of hydrogen-bond donors (Lipinski definition) is 1. The molecule has 0 saturated heterocycles. The van der Waals surface area contributed by atoms with Crippen molar-refractivity contribution in [2.75, 3.05) is 5.75 Å². The molecule has 0 aromatic carbocycles. The Labute approximate surface area is 159 Å². The number of rotatable bonds is 15. The van der Waals surface area contributed by atoms with Gasteiger partial charge in [0.15, 0.2) is 0 Å². The maximum absolute atomic E-state index is 10.4. The zero-order chi connectivity index (χ0) is 16.0. The van der Waals surface area contributed by atoms with Gasteiger partial charge in [-0.2, -0.15) is 0 Å². The predicted octanol–water partition coefficient (Wildman–Crippen LogP) is 0.988. The molecule has 0 spiro atoms. The van der Waals surface area contributed by atoms with Crippen LogP contribution in [-0.2, 0) is 10.1 Å². The van der Waals surface area contributed by atoms with Gasteiger partial charge in [0, 0.05) is 5.75 Å². The van der Waals surface area contributed by atoms with Crippen molar-refractivity contribution in [1.82, 2.24) is 0 Å². The quantitative estimate of drug-likeness (QED) is 0.273. The fraction of sp³-hybridized carbons (Fsp3) is 1.00. The van der Waals surface area contributed by atoms with Crippen LogP contribution in [-0.4, -0.2) is 29.9 Å². The van der Waals surface area contributed by atoms with Gasteiger partial charge in [0.2, 0.25) is 0 Å². The molecule has 0 aliphatic heterocycles. The summed E-state index contributed by atoms with van der Waals surface area (Å²) in [7, 11) is -4.01. The topological polar surface area (TPSA) is 77.4 Å². The molecule has 128 valence electrons. The van der Waals surface area contributed by atoms with Gasteiger partial charge in [0.25, 0.3) is 0 Å². The third-order valence-corrected chi connectivity index (χ3v) is 4.55. The van der Waals surface area contributed by atoms with Gasteiger partial charge in [-0.25, -0.2) is 8.42 Å². The minimum absolute atomic E-state index is 0. The van der Waals surface area contributed by atoms with E-state index in [4.69, 9.17) is 5.11 Å². The first-order valence-corrected chi connectivity index (χ1v) is 10.1. The van der Waals surface area contributed by atoms with E-state index in [1.54, 1.807) is 0 Å². The molecule has 1 N–H and O–H groups in total. The summed E-state index contributed by atoms with van der Waals surface area (Å²) < 4.78 is 31.2. The first-order valence-electron chi connectivity index (χ1n) is 8.53. The van der Waals surface area contributed by atoms with E-state index in [1.807, 2.05) is 6.92 Å². The van der Waals surface area contributed by atoms with Crippen molar-refractivity contribution < 1.29 is 47.6 Å². The Balaban J connectivity index is 0. The van der Waals surface area contributed by atoms with Gasteiger partial charge in [-0.05, 0) is 19.8 Å². The average molecular weight is 344 g/mol. The van der Waals surface area contributed by atoms with Crippen molar-refractivity contribution in [3.05, 3.63) is 0 Å². The smallest absolute Gasteiger partial charge is 0.748 e. The van der Waals surface area contributed by atoms with Crippen LogP contribution in [0.5, 0.6) is 0 Å². The third-order valence-electron chi connectivity index (χ3n) is 3.77. The molecule has 0 heterocycles. The van der Waals surface area contributed by atoms with Gasteiger partial charge < -0.3 is 9.66 Å². The van der Waals surface area contributed by atoms with Gasteiger partial charge in [-0.15, -0.1) is 0 Å². The maximum Gasteiger partial charge on any atom is 1.00 e. The second kappa shape index (κ2) is 16.7. The number of aliphatic hydroxyl groups excluding tert-OH is 1. The van der Waals surface area contributed by atoms with Crippen molar-refractivity contribution in [2.45, 2.75) is 96.5 Å². The molecule has 22 heavy (non-hydrogen) atoms. The van der Waals surface area contributed by atoms with Crippen molar-refractivity contribution in [3.8, 4) is 0 Å². The standard InChI is InChI=1S/C16H34O4S.Na/c1-16(17)14-12-10-8-6-4-2-3-5-7-9-11-13-15-21(18,19)20;/h16-17H,2-15H2,1H3,(H,18,19,20);/q;+1/p-1. The molecule has 0 aromatic rings. The van der Waals surface area contributed by atoms with Gasteiger partial charge >= 0.3 is 29.6 Å². The molecular weight excluding hydrogens is 311 g/mol. The fourth-order valence-corrected chi connectivity index (χ4v) is 3.04. The van der Waals surface area contributed by atoms with Crippen LogP contribution in [0, 0.1) is 0 Å². The number of aliphatic hydroxyl groups is 1. The Morgan fingerprint density at radius 2 is 1.09 bits per heavy atom. The largest absolute Gasteiger partial charge is 1.00 e. The van der Waals surface area contributed by atoms with Crippen LogP contribution in [0.3, 0.4) is 0 Å². The molecule has 0 saturated carbocycles. The molecular formula is C16H33NaO4S. The molecule has 4 nitrogen and oxygen atoms in total. The Hall–Kier alpha value is 0.870. The van der Waals surface area contributed by atoms with Crippen molar-refractivity contribution >= 4 is 10.1 Å². The van der Waals surface area contributed by atoms with Gasteiger partial charge in [0.1, 0.15) is 0 Å². The van der Waals surface area contributed by atoms with Gasteiger partial charge in [0.05, 0.1) is 16.2 Å². The second-order valence-electron chi connectivity index (χ2n) is 6.14. The summed E-state index contributed by atoms with van der Waals surface area (Å²) in [4.78, 5) is 0. The van der Waals surface area contributed by atoms with Crippen LogP contribution in [0.15, 0.2) is 0 Å².